The van der Waals surface area contributed by atoms with Crippen LogP contribution in [0.4, 0.5) is 5.69 Å². The summed E-state index contributed by atoms with van der Waals surface area (Å²) in [6, 6.07) is 8.88. The highest BCUT2D eigenvalue weighted by molar-refractivity contribution is 6.39. The summed E-state index contributed by atoms with van der Waals surface area (Å²) in [6.07, 6.45) is 0.810. The van der Waals surface area contributed by atoms with Crippen molar-refractivity contribution in [3.63, 3.8) is 0 Å². The fourth-order valence-corrected chi connectivity index (χ4v) is 1.03. The summed E-state index contributed by atoms with van der Waals surface area (Å²) in [5.74, 6) is -1.23. The molecule has 0 saturated heterocycles. The van der Waals surface area contributed by atoms with Gasteiger partial charge in [-0.15, -0.1) is 0 Å². The minimum absolute atomic E-state index is 0.515. The summed E-state index contributed by atoms with van der Waals surface area (Å²) in [7, 11) is 0. The van der Waals surface area contributed by atoms with Gasteiger partial charge < -0.3 is 10.6 Å². The Kier molecular flexibility index (Phi) is 4.34. The van der Waals surface area contributed by atoms with Gasteiger partial charge in [-0.3, -0.25) is 9.59 Å². The molecule has 0 heterocycles. The van der Waals surface area contributed by atoms with Crippen molar-refractivity contribution >= 4 is 17.5 Å². The number of rotatable bonds is 3. The molecule has 0 atom stereocenters. The van der Waals surface area contributed by atoms with Crippen LogP contribution in [-0.4, -0.2) is 18.4 Å². The van der Waals surface area contributed by atoms with Crippen LogP contribution in [0.2, 0.25) is 0 Å². The molecule has 0 aliphatic rings. The molecule has 2 N–H and O–H groups in total. The zero-order valence-corrected chi connectivity index (χ0v) is 8.62. The molecule has 0 saturated carbocycles. The lowest BCUT2D eigenvalue weighted by molar-refractivity contribution is -0.136. The van der Waals surface area contributed by atoms with Gasteiger partial charge in [0, 0.05) is 12.2 Å². The second kappa shape index (κ2) is 5.80. The third-order valence-electron chi connectivity index (χ3n) is 1.77. The number of anilines is 1. The molecule has 4 nitrogen and oxygen atoms in total. The number of amides is 2. The first-order valence-electron chi connectivity index (χ1n) is 4.88. The van der Waals surface area contributed by atoms with E-state index in [1.54, 1.807) is 24.3 Å². The molecule has 15 heavy (non-hydrogen) atoms. The Balaban J connectivity index is 2.45. The number of carbonyl (C=O) groups is 2. The zero-order valence-electron chi connectivity index (χ0n) is 8.62. The Morgan fingerprint density at radius 3 is 2.40 bits per heavy atom. The zero-order chi connectivity index (χ0) is 11.1. The lowest BCUT2D eigenvalue weighted by atomic mass is 10.3. The molecule has 1 aromatic rings. The third kappa shape index (κ3) is 3.81. The largest absolute Gasteiger partial charge is 0.348 e. The molecule has 1 rings (SSSR count). The van der Waals surface area contributed by atoms with Gasteiger partial charge in [-0.25, -0.2) is 0 Å². The van der Waals surface area contributed by atoms with E-state index in [0.717, 1.165) is 6.42 Å². The van der Waals surface area contributed by atoms with E-state index < -0.39 is 11.8 Å². The van der Waals surface area contributed by atoms with Crippen LogP contribution >= 0.6 is 0 Å². The fourth-order valence-electron chi connectivity index (χ4n) is 1.03. The molecule has 0 spiro atoms. The second-order valence-corrected chi connectivity index (χ2v) is 3.08. The lowest BCUT2D eigenvalue weighted by Crippen LogP contribution is -2.35. The van der Waals surface area contributed by atoms with Crippen molar-refractivity contribution < 1.29 is 9.59 Å². The van der Waals surface area contributed by atoms with Gasteiger partial charge >= 0.3 is 11.8 Å². The first-order chi connectivity index (χ1) is 7.24. The highest BCUT2D eigenvalue weighted by Gasteiger charge is 2.11. The molecule has 0 aromatic heterocycles. The molecule has 2 amide bonds. The van der Waals surface area contributed by atoms with Crippen LogP contribution in [-0.2, 0) is 9.59 Å². The number of nitrogens with one attached hydrogen (secondary N) is 2. The average molecular weight is 206 g/mol. The Hall–Kier alpha value is -1.84. The van der Waals surface area contributed by atoms with Crippen molar-refractivity contribution in [1.29, 1.82) is 0 Å². The predicted octanol–water partition coefficient (Wildman–Crippen LogP) is 1.15. The summed E-state index contributed by atoms with van der Waals surface area (Å²) in [5.41, 5.74) is 0.620. The maximum Gasteiger partial charge on any atom is 0.313 e. The molecule has 0 unspecified atom stereocenters. The molecular weight excluding hydrogens is 192 g/mol. The molecule has 0 aliphatic carbocycles. The van der Waals surface area contributed by atoms with Gasteiger partial charge in [0.1, 0.15) is 0 Å². The molecule has 0 aliphatic heterocycles. The number of hydrogen-bond donors (Lipinski definition) is 2. The summed E-state index contributed by atoms with van der Waals surface area (Å²) >= 11 is 0. The van der Waals surface area contributed by atoms with Gasteiger partial charge in [-0.05, 0) is 18.6 Å². The average Bonchev–Trinajstić information content (AvgIpc) is 2.27. The van der Waals surface area contributed by atoms with Gasteiger partial charge in [-0.1, -0.05) is 25.1 Å². The highest BCUT2D eigenvalue weighted by atomic mass is 16.2. The molecule has 80 valence electrons. The van der Waals surface area contributed by atoms with E-state index in [9.17, 15) is 9.59 Å². The van der Waals surface area contributed by atoms with Crippen LogP contribution in [0.3, 0.4) is 0 Å². The van der Waals surface area contributed by atoms with E-state index in [1.165, 1.54) is 0 Å². The quantitative estimate of drug-likeness (QED) is 0.729. The molecule has 0 fully saturated rings. The summed E-state index contributed by atoms with van der Waals surface area (Å²) in [5, 5.41) is 5.00. The number of para-hydroxylation sites is 1. The van der Waals surface area contributed by atoms with E-state index in [0.29, 0.717) is 12.2 Å². The van der Waals surface area contributed by atoms with Crippen LogP contribution in [0.25, 0.3) is 0 Å². The fraction of sp³-hybridized carbons (Fsp3) is 0.273. The number of carbonyl (C=O) groups excluding carboxylic acids is 2. The summed E-state index contributed by atoms with van der Waals surface area (Å²) < 4.78 is 0. The molecule has 4 heteroatoms. The van der Waals surface area contributed by atoms with Crippen molar-refractivity contribution in [2.24, 2.45) is 0 Å². The van der Waals surface area contributed by atoms with Crippen molar-refractivity contribution in [3.05, 3.63) is 30.3 Å². The maximum absolute atomic E-state index is 11.3. The molecular formula is C11H14N2O2. The van der Waals surface area contributed by atoms with Gasteiger partial charge in [0.15, 0.2) is 0 Å². The Labute approximate surface area is 88.7 Å². The smallest absolute Gasteiger partial charge is 0.313 e. The van der Waals surface area contributed by atoms with Crippen LogP contribution < -0.4 is 10.6 Å². The monoisotopic (exact) mass is 206 g/mol. The first kappa shape index (κ1) is 11.2. The van der Waals surface area contributed by atoms with Crippen molar-refractivity contribution in [2.45, 2.75) is 13.3 Å². The minimum Gasteiger partial charge on any atom is -0.348 e. The predicted molar refractivity (Wildman–Crippen MR) is 58.4 cm³/mol. The van der Waals surface area contributed by atoms with Crippen molar-refractivity contribution in [2.75, 3.05) is 11.9 Å². The van der Waals surface area contributed by atoms with E-state index >= 15 is 0 Å². The van der Waals surface area contributed by atoms with Crippen molar-refractivity contribution in [3.8, 4) is 0 Å². The maximum atomic E-state index is 11.3. The van der Waals surface area contributed by atoms with E-state index in [1.807, 2.05) is 13.0 Å². The van der Waals surface area contributed by atoms with Gasteiger partial charge in [0.2, 0.25) is 0 Å². The van der Waals surface area contributed by atoms with Crippen molar-refractivity contribution in [1.82, 2.24) is 5.32 Å². The van der Waals surface area contributed by atoms with Crippen LogP contribution in [0, 0.1) is 0 Å². The number of benzene rings is 1. The Bertz CT molecular complexity index is 336. The highest BCUT2D eigenvalue weighted by Crippen LogP contribution is 2.04. The second-order valence-electron chi connectivity index (χ2n) is 3.08. The minimum atomic E-state index is -0.630. The lowest BCUT2D eigenvalue weighted by Gasteiger charge is -2.04. The number of hydrogen-bond acceptors (Lipinski definition) is 2. The van der Waals surface area contributed by atoms with Crippen LogP contribution in [0.1, 0.15) is 13.3 Å². The topological polar surface area (TPSA) is 58.2 Å². The van der Waals surface area contributed by atoms with Gasteiger partial charge in [0.25, 0.3) is 0 Å². The van der Waals surface area contributed by atoms with Gasteiger partial charge in [-0.2, -0.15) is 0 Å². The van der Waals surface area contributed by atoms with Crippen LogP contribution in [0.5, 0.6) is 0 Å². The SMILES string of the molecule is CCCNC(=O)C(=O)Nc1ccccc1. The Morgan fingerprint density at radius 1 is 1.13 bits per heavy atom. The molecule has 0 bridgehead atoms. The first-order valence-corrected chi connectivity index (χ1v) is 4.88. The van der Waals surface area contributed by atoms with E-state index in [-0.39, 0.29) is 0 Å². The van der Waals surface area contributed by atoms with E-state index in [4.69, 9.17) is 0 Å². The Morgan fingerprint density at radius 2 is 1.80 bits per heavy atom. The summed E-state index contributed by atoms with van der Waals surface area (Å²) in [4.78, 5) is 22.5. The van der Waals surface area contributed by atoms with Gasteiger partial charge in [0.05, 0.1) is 0 Å². The molecule has 0 radical (unpaired) electrons. The third-order valence-corrected chi connectivity index (χ3v) is 1.77. The van der Waals surface area contributed by atoms with E-state index in [2.05, 4.69) is 10.6 Å². The normalized spacial score (nSPS) is 9.40. The van der Waals surface area contributed by atoms with Crippen LogP contribution in [0.15, 0.2) is 30.3 Å². The standard InChI is InChI=1S/C11H14N2O2/c1-2-8-12-10(14)11(15)13-9-6-4-3-5-7-9/h3-7H,2,8H2,1H3,(H,12,14)(H,13,15). The summed E-state index contributed by atoms with van der Waals surface area (Å²) in [6.45, 7) is 2.44. The molecule has 1 aromatic carbocycles.